The first-order valence-corrected chi connectivity index (χ1v) is 8.85. The molecule has 6 nitrogen and oxygen atoms in total. The number of carbonyl (C=O) groups is 1. The molecule has 1 amide bonds. The molecule has 0 unspecified atom stereocenters. The van der Waals surface area contributed by atoms with Gasteiger partial charge >= 0.3 is 0 Å². The third-order valence-corrected chi connectivity index (χ3v) is 4.88. The van der Waals surface area contributed by atoms with Gasteiger partial charge in [-0.25, -0.2) is 0 Å². The van der Waals surface area contributed by atoms with Crippen LogP contribution < -0.4 is 5.32 Å². The lowest BCUT2D eigenvalue weighted by Gasteiger charge is -2.43. The van der Waals surface area contributed by atoms with E-state index < -0.39 is 0 Å². The average Bonchev–Trinajstić information content (AvgIpc) is 3.14. The van der Waals surface area contributed by atoms with Crippen LogP contribution in [0.4, 0.5) is 0 Å². The lowest BCUT2D eigenvalue weighted by molar-refractivity contribution is -0.124. The molecule has 2 aromatic heterocycles. The Morgan fingerprint density at radius 3 is 2.58 bits per heavy atom. The highest BCUT2D eigenvalue weighted by Gasteiger charge is 2.39. The number of nitrogens with one attached hydrogen (secondary N) is 1. The lowest BCUT2D eigenvalue weighted by Crippen LogP contribution is -2.50. The van der Waals surface area contributed by atoms with Crippen molar-refractivity contribution in [2.45, 2.75) is 37.6 Å². The molecule has 0 saturated heterocycles. The number of hydrogen-bond donors (Lipinski definition) is 1. The first-order valence-electron chi connectivity index (χ1n) is 8.85. The van der Waals surface area contributed by atoms with Crippen molar-refractivity contribution >= 4 is 5.91 Å². The standard InChI is InChI=1S/C20H20N4O2/c25-17(23-20(11-4-12-20)16-5-2-1-3-6-16)7-8-18-22-19(24-26-18)15-9-13-21-14-10-15/h1-3,5-6,9-10,13-14H,4,7-8,11-12H2,(H,23,25). The van der Waals surface area contributed by atoms with Crippen LogP contribution in [0, 0.1) is 0 Å². The van der Waals surface area contributed by atoms with Crippen molar-refractivity contribution in [3.63, 3.8) is 0 Å². The molecule has 0 atom stereocenters. The van der Waals surface area contributed by atoms with Gasteiger partial charge in [0, 0.05) is 30.8 Å². The molecule has 3 aromatic rings. The van der Waals surface area contributed by atoms with Crippen molar-refractivity contribution in [1.82, 2.24) is 20.4 Å². The van der Waals surface area contributed by atoms with Crippen LogP contribution in [-0.4, -0.2) is 21.0 Å². The smallest absolute Gasteiger partial charge is 0.227 e. The molecule has 26 heavy (non-hydrogen) atoms. The number of amides is 1. The molecule has 1 N–H and O–H groups in total. The number of rotatable bonds is 6. The predicted molar refractivity (Wildman–Crippen MR) is 96.0 cm³/mol. The van der Waals surface area contributed by atoms with Gasteiger partial charge in [-0.05, 0) is 37.0 Å². The number of pyridine rings is 1. The molecule has 0 spiro atoms. The summed E-state index contributed by atoms with van der Waals surface area (Å²) in [4.78, 5) is 20.8. The summed E-state index contributed by atoms with van der Waals surface area (Å²) < 4.78 is 5.26. The molecule has 0 aliphatic heterocycles. The number of benzene rings is 1. The van der Waals surface area contributed by atoms with Gasteiger partial charge < -0.3 is 9.84 Å². The normalized spacial score (nSPS) is 15.2. The maximum Gasteiger partial charge on any atom is 0.227 e. The molecule has 1 aliphatic carbocycles. The first-order chi connectivity index (χ1) is 12.8. The fourth-order valence-corrected chi connectivity index (χ4v) is 3.30. The Hall–Kier alpha value is -3.02. The number of hydrogen-bond acceptors (Lipinski definition) is 5. The fourth-order valence-electron chi connectivity index (χ4n) is 3.30. The minimum absolute atomic E-state index is 0.0113. The van der Waals surface area contributed by atoms with Gasteiger partial charge in [-0.15, -0.1) is 0 Å². The highest BCUT2D eigenvalue weighted by molar-refractivity contribution is 5.77. The Balaban J connectivity index is 1.37. The molecule has 6 heteroatoms. The summed E-state index contributed by atoms with van der Waals surface area (Å²) in [6.45, 7) is 0. The minimum Gasteiger partial charge on any atom is -0.347 e. The quantitative estimate of drug-likeness (QED) is 0.739. The van der Waals surface area contributed by atoms with Crippen molar-refractivity contribution in [1.29, 1.82) is 0 Å². The van der Waals surface area contributed by atoms with Crippen molar-refractivity contribution in [2.24, 2.45) is 0 Å². The van der Waals surface area contributed by atoms with Crippen LogP contribution in [0.3, 0.4) is 0 Å². The zero-order valence-corrected chi connectivity index (χ0v) is 14.4. The van der Waals surface area contributed by atoms with Crippen LogP contribution >= 0.6 is 0 Å². The van der Waals surface area contributed by atoms with Crippen molar-refractivity contribution in [3.8, 4) is 11.4 Å². The van der Waals surface area contributed by atoms with Gasteiger partial charge in [0.25, 0.3) is 0 Å². The van der Waals surface area contributed by atoms with E-state index in [1.54, 1.807) is 12.4 Å². The zero-order valence-electron chi connectivity index (χ0n) is 14.4. The first kappa shape index (κ1) is 16.4. The van der Waals surface area contributed by atoms with Crippen LogP contribution in [0.15, 0.2) is 59.4 Å². The topological polar surface area (TPSA) is 80.9 Å². The van der Waals surface area contributed by atoms with Gasteiger partial charge in [0.05, 0.1) is 5.54 Å². The van der Waals surface area contributed by atoms with Crippen molar-refractivity contribution in [3.05, 3.63) is 66.3 Å². The third kappa shape index (κ3) is 3.35. The lowest BCUT2D eigenvalue weighted by atomic mass is 9.71. The van der Waals surface area contributed by atoms with Crippen LogP contribution in [0.5, 0.6) is 0 Å². The Bertz CT molecular complexity index is 873. The van der Waals surface area contributed by atoms with E-state index in [-0.39, 0.29) is 11.4 Å². The molecule has 0 radical (unpaired) electrons. The molecule has 1 saturated carbocycles. The fraction of sp³-hybridized carbons (Fsp3) is 0.300. The van der Waals surface area contributed by atoms with E-state index in [0.29, 0.717) is 24.6 Å². The monoisotopic (exact) mass is 348 g/mol. The second-order valence-electron chi connectivity index (χ2n) is 6.60. The maximum absolute atomic E-state index is 12.5. The molecule has 2 heterocycles. The van der Waals surface area contributed by atoms with E-state index >= 15 is 0 Å². The Kier molecular flexibility index (Phi) is 4.48. The number of carbonyl (C=O) groups excluding carboxylic acids is 1. The summed E-state index contributed by atoms with van der Waals surface area (Å²) in [6, 6.07) is 13.8. The van der Waals surface area contributed by atoms with Crippen LogP contribution in [0.25, 0.3) is 11.4 Å². The largest absolute Gasteiger partial charge is 0.347 e. The number of nitrogens with zero attached hydrogens (tertiary/aromatic N) is 3. The second kappa shape index (κ2) is 7.07. The molecule has 1 aliphatic rings. The number of aryl methyl sites for hydroxylation is 1. The van der Waals surface area contributed by atoms with E-state index in [1.807, 2.05) is 30.3 Å². The molecule has 0 bridgehead atoms. The summed E-state index contributed by atoms with van der Waals surface area (Å²) in [7, 11) is 0. The third-order valence-electron chi connectivity index (χ3n) is 4.88. The van der Waals surface area contributed by atoms with Gasteiger partial charge in [0.15, 0.2) is 0 Å². The summed E-state index contributed by atoms with van der Waals surface area (Å²) in [5.41, 5.74) is 1.81. The van der Waals surface area contributed by atoms with Gasteiger partial charge in [0.1, 0.15) is 0 Å². The van der Waals surface area contributed by atoms with E-state index in [9.17, 15) is 4.79 Å². The van der Waals surface area contributed by atoms with Gasteiger partial charge in [0.2, 0.25) is 17.6 Å². The molecule has 1 aromatic carbocycles. The van der Waals surface area contributed by atoms with E-state index in [2.05, 4.69) is 32.6 Å². The summed E-state index contributed by atoms with van der Waals surface area (Å²) >= 11 is 0. The second-order valence-corrected chi connectivity index (χ2v) is 6.60. The van der Waals surface area contributed by atoms with E-state index in [1.165, 1.54) is 5.56 Å². The molecular weight excluding hydrogens is 328 g/mol. The maximum atomic E-state index is 12.5. The van der Waals surface area contributed by atoms with Crippen LogP contribution in [0.2, 0.25) is 0 Å². The highest BCUT2D eigenvalue weighted by atomic mass is 16.5. The highest BCUT2D eigenvalue weighted by Crippen LogP contribution is 2.41. The Morgan fingerprint density at radius 1 is 1.12 bits per heavy atom. The van der Waals surface area contributed by atoms with Crippen LogP contribution in [-0.2, 0) is 16.8 Å². The van der Waals surface area contributed by atoms with Crippen molar-refractivity contribution in [2.75, 3.05) is 0 Å². The van der Waals surface area contributed by atoms with Crippen LogP contribution in [0.1, 0.15) is 37.1 Å². The molecule has 1 fully saturated rings. The predicted octanol–water partition coefficient (Wildman–Crippen LogP) is 3.26. The Morgan fingerprint density at radius 2 is 1.88 bits per heavy atom. The minimum atomic E-state index is -0.213. The zero-order chi connectivity index (χ0) is 17.8. The van der Waals surface area contributed by atoms with Gasteiger partial charge in [-0.1, -0.05) is 35.5 Å². The molecule has 4 rings (SSSR count). The SMILES string of the molecule is O=C(CCc1nc(-c2ccncc2)no1)NC1(c2ccccc2)CCC1. The summed E-state index contributed by atoms with van der Waals surface area (Å²) in [5, 5.41) is 7.19. The number of aromatic nitrogens is 3. The van der Waals surface area contributed by atoms with Gasteiger partial charge in [-0.3, -0.25) is 9.78 Å². The van der Waals surface area contributed by atoms with Gasteiger partial charge in [-0.2, -0.15) is 4.98 Å². The summed E-state index contributed by atoms with van der Waals surface area (Å²) in [6.07, 6.45) is 7.21. The molecule has 132 valence electrons. The molecular formula is C20H20N4O2. The van der Waals surface area contributed by atoms with E-state index in [0.717, 1.165) is 24.8 Å². The summed E-state index contributed by atoms with van der Waals surface area (Å²) in [5.74, 6) is 0.995. The van der Waals surface area contributed by atoms with Crippen molar-refractivity contribution < 1.29 is 9.32 Å². The van der Waals surface area contributed by atoms with E-state index in [4.69, 9.17) is 4.52 Å². The average molecular weight is 348 g/mol. The Labute approximate surface area is 151 Å².